The average molecular weight is 456 g/mol. The Hall–Kier alpha value is -3.31. The van der Waals surface area contributed by atoms with Crippen molar-refractivity contribution in [1.29, 1.82) is 0 Å². The summed E-state index contributed by atoms with van der Waals surface area (Å²) in [5.74, 6) is 2.79. The SMILES string of the molecule is Cc1nn(-c2ccc(C(C)C)cc2)c(C)c1C1C=CC(N(Cc2ccco2)Cc2ccco2)C1. The zero-order chi connectivity index (χ0) is 23.7. The summed E-state index contributed by atoms with van der Waals surface area (Å²) in [7, 11) is 0. The summed E-state index contributed by atoms with van der Waals surface area (Å²) in [5.41, 5.74) is 6.12. The van der Waals surface area contributed by atoms with Gasteiger partial charge in [0.1, 0.15) is 11.5 Å². The zero-order valence-corrected chi connectivity index (χ0v) is 20.4. The Morgan fingerprint density at radius 2 is 1.59 bits per heavy atom. The first-order valence-corrected chi connectivity index (χ1v) is 12.1. The van der Waals surface area contributed by atoms with E-state index in [1.54, 1.807) is 12.5 Å². The van der Waals surface area contributed by atoms with E-state index in [1.165, 1.54) is 16.8 Å². The molecule has 1 aromatic carbocycles. The van der Waals surface area contributed by atoms with E-state index in [4.69, 9.17) is 13.9 Å². The highest BCUT2D eigenvalue weighted by molar-refractivity contribution is 5.42. The minimum Gasteiger partial charge on any atom is -0.468 e. The number of rotatable bonds is 8. The lowest BCUT2D eigenvalue weighted by atomic mass is 9.95. The first-order chi connectivity index (χ1) is 16.5. The molecule has 1 aliphatic rings. The molecule has 2 atom stereocenters. The number of furan rings is 2. The molecule has 3 heterocycles. The van der Waals surface area contributed by atoms with Crippen molar-refractivity contribution in [3.05, 3.63) is 107 Å². The van der Waals surface area contributed by atoms with Crippen LogP contribution in [0.4, 0.5) is 0 Å². The van der Waals surface area contributed by atoms with Crippen LogP contribution in [0.2, 0.25) is 0 Å². The summed E-state index contributed by atoms with van der Waals surface area (Å²) >= 11 is 0. The average Bonchev–Trinajstić information content (AvgIpc) is 3.62. The van der Waals surface area contributed by atoms with Crippen molar-refractivity contribution in [2.45, 2.75) is 65.1 Å². The Morgan fingerprint density at radius 1 is 0.941 bits per heavy atom. The maximum absolute atomic E-state index is 5.66. The number of allylic oxidation sites excluding steroid dienone is 1. The molecule has 3 aromatic heterocycles. The molecule has 0 saturated carbocycles. The van der Waals surface area contributed by atoms with Crippen molar-refractivity contribution in [3.8, 4) is 5.69 Å². The van der Waals surface area contributed by atoms with E-state index < -0.39 is 0 Å². The number of nitrogens with zero attached hydrogens (tertiary/aromatic N) is 3. The summed E-state index contributed by atoms with van der Waals surface area (Å²) in [6.07, 6.45) is 9.18. The fourth-order valence-corrected chi connectivity index (χ4v) is 5.10. The van der Waals surface area contributed by atoms with Crippen LogP contribution in [0.25, 0.3) is 5.69 Å². The molecule has 5 rings (SSSR count). The highest BCUT2D eigenvalue weighted by Gasteiger charge is 2.30. The Bertz CT molecular complexity index is 1200. The maximum Gasteiger partial charge on any atom is 0.117 e. The molecule has 1 aliphatic carbocycles. The maximum atomic E-state index is 5.66. The second kappa shape index (κ2) is 9.51. The Balaban J connectivity index is 1.37. The largest absolute Gasteiger partial charge is 0.468 e. The van der Waals surface area contributed by atoms with Crippen molar-refractivity contribution in [2.24, 2.45) is 0 Å². The molecular weight excluding hydrogens is 422 g/mol. The second-order valence-corrected chi connectivity index (χ2v) is 9.60. The summed E-state index contributed by atoms with van der Waals surface area (Å²) in [4.78, 5) is 2.42. The van der Waals surface area contributed by atoms with Gasteiger partial charge >= 0.3 is 0 Å². The highest BCUT2D eigenvalue weighted by atomic mass is 16.3. The number of hydrogen-bond acceptors (Lipinski definition) is 4. The predicted molar refractivity (Wildman–Crippen MR) is 134 cm³/mol. The highest BCUT2D eigenvalue weighted by Crippen LogP contribution is 2.36. The molecule has 0 amide bonds. The van der Waals surface area contributed by atoms with E-state index in [-0.39, 0.29) is 0 Å². The minimum atomic E-state index is 0.299. The lowest BCUT2D eigenvalue weighted by Gasteiger charge is -2.27. The molecule has 0 fully saturated rings. The van der Waals surface area contributed by atoms with Crippen LogP contribution in [0.15, 0.2) is 82.0 Å². The van der Waals surface area contributed by atoms with Crippen LogP contribution >= 0.6 is 0 Å². The van der Waals surface area contributed by atoms with Crippen LogP contribution in [-0.4, -0.2) is 20.7 Å². The van der Waals surface area contributed by atoms with Crippen molar-refractivity contribution in [3.63, 3.8) is 0 Å². The molecule has 0 spiro atoms. The Kier molecular flexibility index (Phi) is 6.29. The van der Waals surface area contributed by atoms with Gasteiger partial charge in [0.25, 0.3) is 0 Å². The van der Waals surface area contributed by atoms with Gasteiger partial charge in [0, 0.05) is 23.2 Å². The van der Waals surface area contributed by atoms with E-state index in [2.05, 4.69) is 73.7 Å². The molecule has 0 saturated heterocycles. The van der Waals surface area contributed by atoms with Crippen LogP contribution in [0.5, 0.6) is 0 Å². The summed E-state index contributed by atoms with van der Waals surface area (Å²) < 4.78 is 13.4. The van der Waals surface area contributed by atoms with Gasteiger partial charge in [-0.05, 0) is 68.1 Å². The third-order valence-electron chi connectivity index (χ3n) is 6.93. The minimum absolute atomic E-state index is 0.299. The van der Waals surface area contributed by atoms with Crippen LogP contribution in [0.1, 0.15) is 66.1 Å². The van der Waals surface area contributed by atoms with E-state index >= 15 is 0 Å². The van der Waals surface area contributed by atoms with Gasteiger partial charge in [0.15, 0.2) is 0 Å². The van der Waals surface area contributed by atoms with Gasteiger partial charge < -0.3 is 8.83 Å². The fraction of sp³-hybridized carbons (Fsp3) is 0.345. The van der Waals surface area contributed by atoms with Crippen LogP contribution in [-0.2, 0) is 13.1 Å². The number of benzene rings is 1. The molecule has 4 aromatic rings. The molecule has 0 radical (unpaired) electrons. The van der Waals surface area contributed by atoms with E-state index in [9.17, 15) is 0 Å². The second-order valence-electron chi connectivity index (χ2n) is 9.60. The molecule has 0 N–H and O–H groups in total. The van der Waals surface area contributed by atoms with Gasteiger partial charge in [-0.3, -0.25) is 4.90 Å². The summed E-state index contributed by atoms with van der Waals surface area (Å²) in [6, 6.07) is 17.0. The van der Waals surface area contributed by atoms with Crippen LogP contribution < -0.4 is 0 Å². The number of aryl methyl sites for hydroxylation is 1. The summed E-state index contributed by atoms with van der Waals surface area (Å²) in [5, 5.41) is 4.93. The molecule has 5 heteroatoms. The van der Waals surface area contributed by atoms with Gasteiger partial charge in [-0.25, -0.2) is 4.68 Å². The standard InChI is InChI=1S/C29H33N3O2/c1-20(2)23-9-12-25(13-10-23)32-22(4)29(21(3)30-32)24-11-14-26(17-24)31(18-27-7-5-15-33-27)19-28-8-6-16-34-28/h5-16,20,24,26H,17-19H2,1-4H3. The first kappa shape index (κ1) is 22.5. The summed E-state index contributed by atoms with van der Waals surface area (Å²) in [6.45, 7) is 10.3. The predicted octanol–water partition coefficient (Wildman–Crippen LogP) is 6.91. The molecule has 5 nitrogen and oxygen atoms in total. The van der Waals surface area contributed by atoms with Crippen LogP contribution in [0.3, 0.4) is 0 Å². The fourth-order valence-electron chi connectivity index (χ4n) is 5.10. The van der Waals surface area contributed by atoms with E-state index in [0.717, 1.165) is 42.4 Å². The molecular formula is C29H33N3O2. The van der Waals surface area contributed by atoms with Crippen molar-refractivity contribution < 1.29 is 8.83 Å². The quantitative estimate of drug-likeness (QED) is 0.271. The van der Waals surface area contributed by atoms with Crippen molar-refractivity contribution in [2.75, 3.05) is 0 Å². The monoisotopic (exact) mass is 455 g/mol. The Labute approximate surface area is 201 Å². The smallest absolute Gasteiger partial charge is 0.117 e. The topological polar surface area (TPSA) is 47.3 Å². The number of aromatic nitrogens is 2. The molecule has 34 heavy (non-hydrogen) atoms. The lowest BCUT2D eigenvalue weighted by Crippen LogP contribution is -2.32. The third-order valence-corrected chi connectivity index (χ3v) is 6.93. The lowest BCUT2D eigenvalue weighted by molar-refractivity contribution is 0.176. The normalized spacial score (nSPS) is 17.9. The van der Waals surface area contributed by atoms with E-state index in [0.29, 0.717) is 17.9 Å². The molecule has 2 unspecified atom stereocenters. The molecule has 176 valence electrons. The molecule has 0 aliphatic heterocycles. The number of hydrogen-bond donors (Lipinski definition) is 0. The van der Waals surface area contributed by atoms with Gasteiger partial charge in [-0.2, -0.15) is 5.10 Å². The van der Waals surface area contributed by atoms with Crippen LogP contribution in [0, 0.1) is 13.8 Å². The third kappa shape index (κ3) is 4.53. The Morgan fingerprint density at radius 3 is 2.15 bits per heavy atom. The van der Waals surface area contributed by atoms with Crippen molar-refractivity contribution in [1.82, 2.24) is 14.7 Å². The van der Waals surface area contributed by atoms with Gasteiger partial charge in [0.2, 0.25) is 0 Å². The van der Waals surface area contributed by atoms with Gasteiger partial charge in [0.05, 0.1) is 37.0 Å². The van der Waals surface area contributed by atoms with E-state index in [1.807, 2.05) is 24.3 Å². The zero-order valence-electron chi connectivity index (χ0n) is 20.4. The molecule has 0 bridgehead atoms. The van der Waals surface area contributed by atoms with Crippen molar-refractivity contribution >= 4 is 0 Å². The van der Waals surface area contributed by atoms with Gasteiger partial charge in [-0.15, -0.1) is 0 Å². The van der Waals surface area contributed by atoms with Gasteiger partial charge in [-0.1, -0.05) is 38.1 Å². The first-order valence-electron chi connectivity index (χ1n) is 12.1.